The summed E-state index contributed by atoms with van der Waals surface area (Å²) in [5.41, 5.74) is 0. The Morgan fingerprint density at radius 2 is 2.55 bits per heavy atom. The van der Waals surface area contributed by atoms with Gasteiger partial charge in [0.25, 0.3) is 0 Å². The predicted octanol–water partition coefficient (Wildman–Crippen LogP) is -0.835. The number of hydrogen-bond acceptors (Lipinski definition) is 4. The smallest absolute Gasteiger partial charge is 0.193 e. The van der Waals surface area contributed by atoms with Crippen LogP contribution >= 0.6 is 0 Å². The largest absolute Gasteiger partial charge is 0.365 e. The van der Waals surface area contributed by atoms with E-state index in [0.717, 1.165) is 24.7 Å². The Balaban J connectivity index is 2.35. The van der Waals surface area contributed by atoms with Gasteiger partial charge in [-0.05, 0) is 0 Å². The van der Waals surface area contributed by atoms with E-state index in [1.807, 2.05) is 7.05 Å². The summed E-state index contributed by atoms with van der Waals surface area (Å²) in [4.78, 5) is 8.28. The average Bonchev–Trinajstić information content (AvgIpc) is 2.55. The molecule has 5 nitrogen and oxygen atoms in total. The van der Waals surface area contributed by atoms with Gasteiger partial charge in [0.05, 0.1) is 6.54 Å². The SMILES string of the molecule is Cn1ncnc1C1=NCCN1. The maximum absolute atomic E-state index is 4.22. The van der Waals surface area contributed by atoms with Crippen LogP contribution in [0.4, 0.5) is 0 Å². The Morgan fingerprint density at radius 1 is 1.64 bits per heavy atom. The fourth-order valence-corrected chi connectivity index (χ4v) is 1.06. The lowest BCUT2D eigenvalue weighted by atomic mass is 10.5. The average molecular weight is 151 g/mol. The summed E-state index contributed by atoms with van der Waals surface area (Å²) in [6.45, 7) is 1.74. The van der Waals surface area contributed by atoms with Crippen LogP contribution in [-0.4, -0.2) is 33.7 Å². The van der Waals surface area contributed by atoms with Gasteiger partial charge >= 0.3 is 0 Å². The van der Waals surface area contributed by atoms with Gasteiger partial charge in [0.15, 0.2) is 11.7 Å². The van der Waals surface area contributed by atoms with Gasteiger partial charge in [-0.3, -0.25) is 4.99 Å². The van der Waals surface area contributed by atoms with Crippen molar-refractivity contribution in [3.63, 3.8) is 0 Å². The summed E-state index contributed by atoms with van der Waals surface area (Å²) in [6.07, 6.45) is 1.53. The van der Waals surface area contributed by atoms with Gasteiger partial charge < -0.3 is 5.32 Å². The Labute approximate surface area is 64.2 Å². The zero-order chi connectivity index (χ0) is 7.68. The fraction of sp³-hybridized carbons (Fsp3) is 0.500. The molecular formula is C6H9N5. The first kappa shape index (κ1) is 6.33. The summed E-state index contributed by atoms with van der Waals surface area (Å²) < 4.78 is 1.71. The van der Waals surface area contributed by atoms with Crippen LogP contribution in [0.5, 0.6) is 0 Å². The molecule has 0 saturated heterocycles. The van der Waals surface area contributed by atoms with Crippen LogP contribution in [-0.2, 0) is 7.05 Å². The highest BCUT2D eigenvalue weighted by Gasteiger charge is 2.11. The number of amidine groups is 1. The molecule has 0 aliphatic carbocycles. The minimum Gasteiger partial charge on any atom is -0.365 e. The van der Waals surface area contributed by atoms with E-state index in [-0.39, 0.29) is 0 Å². The second kappa shape index (κ2) is 2.34. The number of aromatic nitrogens is 3. The number of aliphatic imine (C=N–C) groups is 1. The lowest BCUT2D eigenvalue weighted by Crippen LogP contribution is -2.23. The van der Waals surface area contributed by atoms with E-state index < -0.39 is 0 Å². The maximum Gasteiger partial charge on any atom is 0.193 e. The molecule has 0 aromatic carbocycles. The van der Waals surface area contributed by atoms with Crippen LogP contribution in [0.25, 0.3) is 0 Å². The van der Waals surface area contributed by atoms with Crippen molar-refractivity contribution in [1.29, 1.82) is 0 Å². The molecule has 2 heterocycles. The van der Waals surface area contributed by atoms with E-state index in [0.29, 0.717) is 0 Å². The zero-order valence-corrected chi connectivity index (χ0v) is 6.28. The molecule has 11 heavy (non-hydrogen) atoms. The van der Waals surface area contributed by atoms with Crippen molar-refractivity contribution in [2.24, 2.45) is 12.0 Å². The molecular weight excluding hydrogens is 142 g/mol. The highest BCUT2D eigenvalue weighted by Crippen LogP contribution is 1.95. The lowest BCUT2D eigenvalue weighted by Gasteiger charge is -1.98. The number of rotatable bonds is 1. The minimum atomic E-state index is 0.808. The third kappa shape index (κ3) is 0.978. The third-order valence-corrected chi connectivity index (χ3v) is 1.60. The second-order valence-electron chi connectivity index (χ2n) is 2.36. The molecule has 5 heteroatoms. The van der Waals surface area contributed by atoms with Gasteiger partial charge in [0.2, 0.25) is 0 Å². The standard InChI is InChI=1S/C6H9N5/c1-11-6(9-4-10-11)5-7-2-3-8-5/h4H,2-3H2,1H3,(H,7,8). The van der Waals surface area contributed by atoms with Crippen LogP contribution in [0, 0.1) is 0 Å². The molecule has 0 atom stereocenters. The monoisotopic (exact) mass is 151 g/mol. The van der Waals surface area contributed by atoms with Gasteiger partial charge in [-0.1, -0.05) is 0 Å². The molecule has 0 unspecified atom stereocenters. The molecule has 1 N–H and O–H groups in total. The van der Waals surface area contributed by atoms with E-state index in [4.69, 9.17) is 0 Å². The molecule has 1 aromatic heterocycles. The number of aryl methyl sites for hydroxylation is 1. The second-order valence-corrected chi connectivity index (χ2v) is 2.36. The molecule has 1 aliphatic heterocycles. The van der Waals surface area contributed by atoms with E-state index in [1.165, 1.54) is 6.33 Å². The predicted molar refractivity (Wildman–Crippen MR) is 40.4 cm³/mol. The summed E-state index contributed by atoms with van der Waals surface area (Å²) in [6, 6.07) is 0. The zero-order valence-electron chi connectivity index (χ0n) is 6.28. The quantitative estimate of drug-likeness (QED) is 0.569. The van der Waals surface area contributed by atoms with Gasteiger partial charge in [-0.2, -0.15) is 5.10 Å². The summed E-state index contributed by atoms with van der Waals surface area (Å²) >= 11 is 0. The topological polar surface area (TPSA) is 55.1 Å². The van der Waals surface area contributed by atoms with Crippen molar-refractivity contribution in [2.45, 2.75) is 0 Å². The molecule has 1 aromatic rings. The first-order valence-electron chi connectivity index (χ1n) is 3.50. The Hall–Kier alpha value is -1.39. The van der Waals surface area contributed by atoms with Crippen molar-refractivity contribution < 1.29 is 0 Å². The van der Waals surface area contributed by atoms with Crippen molar-refractivity contribution >= 4 is 5.84 Å². The number of hydrogen-bond donors (Lipinski definition) is 1. The Kier molecular flexibility index (Phi) is 1.34. The van der Waals surface area contributed by atoms with Crippen molar-refractivity contribution in [3.05, 3.63) is 12.2 Å². The molecule has 58 valence electrons. The van der Waals surface area contributed by atoms with Gasteiger partial charge in [0, 0.05) is 13.6 Å². The molecule has 0 amide bonds. The highest BCUT2D eigenvalue weighted by molar-refractivity contribution is 5.96. The van der Waals surface area contributed by atoms with Gasteiger partial charge in [0.1, 0.15) is 6.33 Å². The number of nitrogens with zero attached hydrogens (tertiary/aromatic N) is 4. The van der Waals surface area contributed by atoms with Crippen molar-refractivity contribution in [3.8, 4) is 0 Å². The van der Waals surface area contributed by atoms with Crippen LogP contribution in [0.1, 0.15) is 5.82 Å². The molecule has 0 spiro atoms. The van der Waals surface area contributed by atoms with Crippen LogP contribution < -0.4 is 5.32 Å². The van der Waals surface area contributed by atoms with E-state index in [9.17, 15) is 0 Å². The first-order valence-corrected chi connectivity index (χ1v) is 3.50. The summed E-state index contributed by atoms with van der Waals surface area (Å²) in [7, 11) is 1.85. The lowest BCUT2D eigenvalue weighted by molar-refractivity contribution is 0.753. The molecule has 2 rings (SSSR count). The number of nitrogens with one attached hydrogen (secondary N) is 1. The normalized spacial score (nSPS) is 16.3. The minimum absolute atomic E-state index is 0.808. The van der Waals surface area contributed by atoms with Gasteiger partial charge in [-0.15, -0.1) is 0 Å². The summed E-state index contributed by atoms with van der Waals surface area (Å²) in [5.74, 6) is 1.66. The molecule has 0 bridgehead atoms. The van der Waals surface area contributed by atoms with Crippen molar-refractivity contribution in [1.82, 2.24) is 20.1 Å². The van der Waals surface area contributed by atoms with Crippen LogP contribution in [0.2, 0.25) is 0 Å². The molecule has 1 aliphatic rings. The Morgan fingerprint density at radius 3 is 3.09 bits per heavy atom. The highest BCUT2D eigenvalue weighted by atomic mass is 15.3. The fourth-order valence-electron chi connectivity index (χ4n) is 1.06. The van der Waals surface area contributed by atoms with E-state index in [1.54, 1.807) is 4.68 Å². The van der Waals surface area contributed by atoms with E-state index >= 15 is 0 Å². The van der Waals surface area contributed by atoms with E-state index in [2.05, 4.69) is 20.4 Å². The molecule has 0 radical (unpaired) electrons. The Bertz CT molecular complexity index is 287. The van der Waals surface area contributed by atoms with Crippen molar-refractivity contribution in [2.75, 3.05) is 13.1 Å². The van der Waals surface area contributed by atoms with Gasteiger partial charge in [-0.25, -0.2) is 9.67 Å². The first-order chi connectivity index (χ1) is 5.38. The third-order valence-electron chi connectivity index (χ3n) is 1.60. The molecule has 0 saturated carbocycles. The van der Waals surface area contributed by atoms with Crippen LogP contribution in [0.15, 0.2) is 11.3 Å². The van der Waals surface area contributed by atoms with Crippen LogP contribution in [0.3, 0.4) is 0 Å². The summed E-state index contributed by atoms with van der Waals surface area (Å²) in [5, 5.41) is 7.07. The molecule has 0 fully saturated rings. The maximum atomic E-state index is 4.22.